The SMILES string of the molecule is CC(C)(C)c1nc(S(=O)(=O)c2ccc(F)cc2)c(N2CCOCC2)o1. The lowest BCUT2D eigenvalue weighted by atomic mass is 9.97. The average Bonchev–Trinajstić information content (AvgIpc) is 3.02. The lowest BCUT2D eigenvalue weighted by molar-refractivity contribution is 0.120. The summed E-state index contributed by atoms with van der Waals surface area (Å²) in [5.41, 5.74) is -0.447. The minimum absolute atomic E-state index is 0.0165. The van der Waals surface area contributed by atoms with E-state index in [4.69, 9.17) is 9.15 Å². The smallest absolute Gasteiger partial charge is 0.236 e. The summed E-state index contributed by atoms with van der Waals surface area (Å²) < 4.78 is 50.4. The van der Waals surface area contributed by atoms with Gasteiger partial charge in [0.05, 0.1) is 18.1 Å². The van der Waals surface area contributed by atoms with Crippen molar-refractivity contribution in [2.24, 2.45) is 0 Å². The van der Waals surface area contributed by atoms with Crippen molar-refractivity contribution < 1.29 is 22.0 Å². The summed E-state index contributed by atoms with van der Waals surface area (Å²) in [6, 6.07) is 4.70. The molecule has 6 nitrogen and oxygen atoms in total. The number of aromatic nitrogens is 1. The predicted octanol–water partition coefficient (Wildman–Crippen LogP) is 2.78. The standard InChI is InChI=1S/C17H21FN2O4S/c1-17(2,3)16-19-14(15(24-16)20-8-10-23-11-9-20)25(21,22)13-6-4-12(18)5-7-13/h4-7H,8-11H2,1-3H3. The van der Waals surface area contributed by atoms with Crippen LogP contribution in [0.3, 0.4) is 0 Å². The lowest BCUT2D eigenvalue weighted by Gasteiger charge is -2.26. The number of sulfone groups is 1. The molecule has 136 valence electrons. The van der Waals surface area contributed by atoms with Crippen LogP contribution < -0.4 is 4.90 Å². The molecule has 2 heterocycles. The summed E-state index contributed by atoms with van der Waals surface area (Å²) in [6.45, 7) is 7.71. The minimum atomic E-state index is -3.93. The summed E-state index contributed by atoms with van der Waals surface area (Å²) in [5, 5.41) is -0.133. The summed E-state index contributed by atoms with van der Waals surface area (Å²) in [7, 11) is -3.93. The van der Waals surface area contributed by atoms with Crippen molar-refractivity contribution in [3.8, 4) is 0 Å². The molecule has 0 radical (unpaired) electrons. The number of ether oxygens (including phenoxy) is 1. The second kappa shape index (κ2) is 6.42. The Hall–Kier alpha value is -1.93. The van der Waals surface area contributed by atoms with E-state index < -0.39 is 21.1 Å². The zero-order valence-corrected chi connectivity index (χ0v) is 15.3. The van der Waals surface area contributed by atoms with E-state index in [2.05, 4.69) is 4.98 Å². The third-order valence-electron chi connectivity index (χ3n) is 3.90. The second-order valence-corrected chi connectivity index (χ2v) is 8.80. The van der Waals surface area contributed by atoms with Crippen LogP contribution in [-0.2, 0) is 20.0 Å². The van der Waals surface area contributed by atoms with Crippen molar-refractivity contribution in [1.82, 2.24) is 4.98 Å². The van der Waals surface area contributed by atoms with Crippen molar-refractivity contribution >= 4 is 15.7 Å². The van der Waals surface area contributed by atoms with Crippen LogP contribution in [0.5, 0.6) is 0 Å². The zero-order valence-electron chi connectivity index (χ0n) is 14.5. The molecule has 0 bridgehead atoms. The highest BCUT2D eigenvalue weighted by molar-refractivity contribution is 7.91. The van der Waals surface area contributed by atoms with E-state index in [0.29, 0.717) is 32.2 Å². The quantitative estimate of drug-likeness (QED) is 0.776. The fraction of sp³-hybridized carbons (Fsp3) is 0.471. The van der Waals surface area contributed by atoms with Gasteiger partial charge in [0.25, 0.3) is 0 Å². The maximum atomic E-state index is 13.2. The molecule has 1 saturated heterocycles. The third kappa shape index (κ3) is 3.55. The number of halogens is 1. The van der Waals surface area contributed by atoms with Gasteiger partial charge in [-0.2, -0.15) is 4.98 Å². The summed E-state index contributed by atoms with van der Waals surface area (Å²) >= 11 is 0. The van der Waals surface area contributed by atoms with Crippen molar-refractivity contribution in [3.63, 3.8) is 0 Å². The number of nitrogens with zero attached hydrogens (tertiary/aromatic N) is 2. The highest BCUT2D eigenvalue weighted by Gasteiger charge is 2.34. The van der Waals surface area contributed by atoms with Crippen molar-refractivity contribution in [3.05, 3.63) is 36.0 Å². The van der Waals surface area contributed by atoms with Gasteiger partial charge in [0, 0.05) is 18.5 Å². The molecule has 0 saturated carbocycles. The molecule has 1 aromatic heterocycles. The van der Waals surface area contributed by atoms with E-state index in [9.17, 15) is 12.8 Å². The van der Waals surface area contributed by atoms with Gasteiger partial charge in [0.2, 0.25) is 26.6 Å². The van der Waals surface area contributed by atoms with Crippen LogP contribution in [0.15, 0.2) is 38.6 Å². The van der Waals surface area contributed by atoms with E-state index in [1.165, 1.54) is 12.1 Å². The first-order valence-corrected chi connectivity index (χ1v) is 9.52. The van der Waals surface area contributed by atoms with Gasteiger partial charge in [0.15, 0.2) is 0 Å². The van der Waals surface area contributed by atoms with E-state index in [1.54, 1.807) is 0 Å². The van der Waals surface area contributed by atoms with E-state index in [1.807, 2.05) is 25.7 Å². The molecule has 0 amide bonds. The van der Waals surface area contributed by atoms with Crippen LogP contribution >= 0.6 is 0 Å². The summed E-state index contributed by atoms with van der Waals surface area (Å²) in [5.74, 6) is 0.0649. The number of hydrogen-bond acceptors (Lipinski definition) is 6. The normalized spacial score (nSPS) is 16.2. The number of rotatable bonds is 3. The maximum Gasteiger partial charge on any atom is 0.236 e. The minimum Gasteiger partial charge on any atom is -0.423 e. The Morgan fingerprint density at radius 2 is 1.72 bits per heavy atom. The highest BCUT2D eigenvalue weighted by atomic mass is 32.2. The summed E-state index contributed by atoms with van der Waals surface area (Å²) in [6.07, 6.45) is 0. The number of benzene rings is 1. The number of hydrogen-bond donors (Lipinski definition) is 0. The molecule has 0 N–H and O–H groups in total. The van der Waals surface area contributed by atoms with Crippen LogP contribution in [0.25, 0.3) is 0 Å². The Kier molecular flexibility index (Phi) is 4.59. The predicted molar refractivity (Wildman–Crippen MR) is 90.1 cm³/mol. The zero-order chi connectivity index (χ0) is 18.2. The van der Waals surface area contributed by atoms with Crippen molar-refractivity contribution in [1.29, 1.82) is 0 Å². The average molecular weight is 368 g/mol. The Labute approximate surface area is 146 Å². The van der Waals surface area contributed by atoms with Crippen LogP contribution in [0.2, 0.25) is 0 Å². The van der Waals surface area contributed by atoms with Crippen LogP contribution in [0, 0.1) is 5.82 Å². The van der Waals surface area contributed by atoms with Gasteiger partial charge in [-0.3, -0.25) is 0 Å². The van der Waals surface area contributed by atoms with Gasteiger partial charge >= 0.3 is 0 Å². The first-order valence-electron chi connectivity index (χ1n) is 8.04. The van der Waals surface area contributed by atoms with Gasteiger partial charge in [0.1, 0.15) is 5.82 Å². The Balaban J connectivity index is 2.12. The van der Waals surface area contributed by atoms with Crippen LogP contribution in [0.1, 0.15) is 26.7 Å². The fourth-order valence-corrected chi connectivity index (χ4v) is 3.81. The Morgan fingerprint density at radius 1 is 1.12 bits per heavy atom. The van der Waals surface area contributed by atoms with Crippen LogP contribution in [-0.4, -0.2) is 39.7 Å². The molecule has 0 unspecified atom stereocenters. The highest BCUT2D eigenvalue weighted by Crippen LogP contribution is 2.35. The number of oxazole rings is 1. The van der Waals surface area contributed by atoms with Crippen LogP contribution in [0.4, 0.5) is 10.3 Å². The molecular weight excluding hydrogens is 347 g/mol. The lowest BCUT2D eigenvalue weighted by Crippen LogP contribution is -2.36. The van der Waals surface area contributed by atoms with Gasteiger partial charge in [-0.05, 0) is 24.3 Å². The van der Waals surface area contributed by atoms with E-state index in [-0.39, 0.29) is 15.8 Å². The molecule has 25 heavy (non-hydrogen) atoms. The van der Waals surface area contributed by atoms with Gasteiger partial charge < -0.3 is 14.1 Å². The maximum absolute atomic E-state index is 13.2. The van der Waals surface area contributed by atoms with Crippen molar-refractivity contribution in [2.75, 3.05) is 31.2 Å². The monoisotopic (exact) mass is 368 g/mol. The fourth-order valence-electron chi connectivity index (χ4n) is 2.49. The van der Waals surface area contributed by atoms with Gasteiger partial charge in [-0.25, -0.2) is 12.8 Å². The molecule has 8 heteroatoms. The molecule has 1 fully saturated rings. The largest absolute Gasteiger partial charge is 0.423 e. The Morgan fingerprint density at radius 3 is 2.28 bits per heavy atom. The first-order chi connectivity index (χ1) is 11.7. The topological polar surface area (TPSA) is 72.6 Å². The second-order valence-electron chi connectivity index (χ2n) is 6.94. The van der Waals surface area contributed by atoms with Gasteiger partial charge in [-0.15, -0.1) is 0 Å². The molecule has 0 spiro atoms. The van der Waals surface area contributed by atoms with Gasteiger partial charge in [-0.1, -0.05) is 20.8 Å². The molecule has 3 rings (SSSR count). The molecular formula is C17H21FN2O4S. The summed E-state index contributed by atoms with van der Waals surface area (Å²) in [4.78, 5) is 6.10. The number of morpholine rings is 1. The molecule has 1 aromatic carbocycles. The molecule has 2 aromatic rings. The molecule has 0 atom stereocenters. The number of anilines is 1. The molecule has 1 aliphatic heterocycles. The van der Waals surface area contributed by atoms with E-state index in [0.717, 1.165) is 12.1 Å². The van der Waals surface area contributed by atoms with E-state index >= 15 is 0 Å². The first kappa shape index (κ1) is 17.9. The molecule has 1 aliphatic rings. The Bertz CT molecular complexity index is 848. The van der Waals surface area contributed by atoms with Crippen molar-refractivity contribution in [2.45, 2.75) is 36.1 Å². The third-order valence-corrected chi connectivity index (χ3v) is 5.57. The molecule has 0 aliphatic carbocycles.